The van der Waals surface area contributed by atoms with Crippen LogP contribution in [0.3, 0.4) is 0 Å². The van der Waals surface area contributed by atoms with E-state index in [1.165, 1.54) is 26.4 Å². The predicted molar refractivity (Wildman–Crippen MR) is 197 cm³/mol. The maximum atomic E-state index is 13.0. The Morgan fingerprint density at radius 1 is 1.06 bits per heavy atom. The van der Waals surface area contributed by atoms with E-state index in [1.807, 2.05) is 0 Å². The molecule has 2 aromatic carbocycles. The van der Waals surface area contributed by atoms with Gasteiger partial charge in [-0.1, -0.05) is 57.1 Å². The van der Waals surface area contributed by atoms with Crippen LogP contribution in [-0.2, 0) is 30.5 Å². The van der Waals surface area contributed by atoms with Crippen molar-refractivity contribution >= 4 is 11.7 Å². The lowest BCUT2D eigenvalue weighted by atomic mass is 9.86. The normalized spacial score (nSPS) is 21.6. The van der Waals surface area contributed by atoms with E-state index in [1.54, 1.807) is 12.1 Å². The van der Waals surface area contributed by atoms with E-state index in [2.05, 4.69) is 47.4 Å². The Kier molecular flexibility index (Phi) is 13.9. The van der Waals surface area contributed by atoms with Gasteiger partial charge in [-0.2, -0.15) is 0 Å². The van der Waals surface area contributed by atoms with Gasteiger partial charge in [0.25, 0.3) is 0 Å². The zero-order chi connectivity index (χ0) is 36.3. The molecule has 11 nitrogen and oxygen atoms in total. The van der Waals surface area contributed by atoms with Gasteiger partial charge in [-0.25, -0.2) is 0 Å². The van der Waals surface area contributed by atoms with Gasteiger partial charge in [0.05, 0.1) is 18.8 Å². The van der Waals surface area contributed by atoms with Crippen LogP contribution in [0.25, 0.3) is 0 Å². The number of guanidine groups is 1. The summed E-state index contributed by atoms with van der Waals surface area (Å²) in [6.07, 6.45) is 6.99. The van der Waals surface area contributed by atoms with E-state index in [0.717, 1.165) is 35.1 Å². The number of phenolic OH excluding ortho intramolecular Hbond substituents is 1. The summed E-state index contributed by atoms with van der Waals surface area (Å²) in [5, 5.41) is 39.6. The molecule has 1 fully saturated rings. The molecule has 0 amide bonds. The van der Waals surface area contributed by atoms with Crippen molar-refractivity contribution in [1.29, 1.82) is 0 Å². The third kappa shape index (κ3) is 10.5. The quantitative estimate of drug-likeness (QED) is 0.0910. The summed E-state index contributed by atoms with van der Waals surface area (Å²) in [5.41, 5.74) is 10.1. The van der Waals surface area contributed by atoms with E-state index >= 15 is 0 Å². The van der Waals surface area contributed by atoms with E-state index < -0.39 is 12.4 Å². The minimum atomic E-state index is -1.08. The summed E-state index contributed by atoms with van der Waals surface area (Å²) in [7, 11) is 1.48. The number of nitrogens with zero attached hydrogens (tertiary/aromatic N) is 1. The number of nitrogens with one attached hydrogen (secondary N) is 2. The number of aliphatic hydroxyl groups excluding tert-OH is 2. The van der Waals surface area contributed by atoms with Crippen LogP contribution >= 0.6 is 0 Å². The van der Waals surface area contributed by atoms with Crippen LogP contribution in [0.5, 0.6) is 23.0 Å². The van der Waals surface area contributed by atoms with Gasteiger partial charge in [0.1, 0.15) is 12.5 Å². The number of ether oxygens (including phenoxy) is 3. The third-order valence-corrected chi connectivity index (χ3v) is 10.1. The van der Waals surface area contributed by atoms with E-state index in [4.69, 9.17) is 19.9 Å². The highest BCUT2D eigenvalue weighted by molar-refractivity contribution is 5.79. The maximum absolute atomic E-state index is 13.0. The van der Waals surface area contributed by atoms with Crippen molar-refractivity contribution in [2.24, 2.45) is 22.6 Å². The fourth-order valence-corrected chi connectivity index (χ4v) is 7.19. The average Bonchev–Trinajstić information content (AvgIpc) is 3.11. The van der Waals surface area contributed by atoms with Crippen molar-refractivity contribution in [2.75, 3.05) is 26.9 Å². The zero-order valence-electron chi connectivity index (χ0n) is 30.4. The monoisotopic (exact) mass is 704 g/mol. The molecule has 1 heterocycles. The first kappa shape index (κ1) is 38.3. The fourth-order valence-electron chi connectivity index (χ4n) is 7.19. The molecule has 5 rings (SSSR count). The third-order valence-electron chi connectivity index (χ3n) is 10.1. The van der Waals surface area contributed by atoms with Crippen molar-refractivity contribution in [3.8, 4) is 34.8 Å². The standard InChI is InChI=1S/C40H56N4O7/c1-25(2)23-43-40(41)42-19-18-29-21-34-27-13-16-32(46)22-31(45)15-12-26-14-17-35(47)37(49-3)33(26)11-7-8-28(20-27)36(38(34)51-39(29)48)50-24-44-30-9-5-4-6-10-30/h14,17,20,25,29-30,32,39,44,46-48H,4-6,8-10,12-13,15-16,18-19,21-24H2,1-3H3,(H3,41,42,43). The number of carbonyl (C=O) groups is 1. The van der Waals surface area contributed by atoms with Gasteiger partial charge in [0.15, 0.2) is 29.0 Å². The second kappa shape index (κ2) is 18.5. The largest absolute Gasteiger partial charge is 0.504 e. The van der Waals surface area contributed by atoms with E-state index in [0.29, 0.717) is 86.6 Å². The molecule has 2 aliphatic carbocycles. The average molecular weight is 705 g/mol. The van der Waals surface area contributed by atoms with Gasteiger partial charge in [-0.3, -0.25) is 15.1 Å². The molecule has 278 valence electrons. The molecule has 2 aromatic rings. The van der Waals surface area contributed by atoms with E-state index in [9.17, 15) is 20.1 Å². The number of rotatable bonds is 10. The van der Waals surface area contributed by atoms with Crippen molar-refractivity contribution in [2.45, 2.75) is 116 Å². The predicted octanol–water partition coefficient (Wildman–Crippen LogP) is 4.27. The highest BCUT2D eigenvalue weighted by atomic mass is 16.6. The van der Waals surface area contributed by atoms with Crippen LogP contribution in [0, 0.1) is 23.7 Å². The number of hydrogen-bond acceptors (Lipinski definition) is 9. The summed E-state index contributed by atoms with van der Waals surface area (Å²) in [6.45, 7) is 5.60. The minimum Gasteiger partial charge on any atom is -0.504 e. The number of fused-ring (bicyclic) bond motifs is 5. The van der Waals surface area contributed by atoms with Crippen molar-refractivity contribution in [3.63, 3.8) is 0 Å². The number of aryl methyl sites for hydroxylation is 2. The lowest BCUT2D eigenvalue weighted by Crippen LogP contribution is -2.39. The Morgan fingerprint density at radius 2 is 1.86 bits per heavy atom. The number of hydrogen-bond donors (Lipinski definition) is 6. The molecule has 0 saturated heterocycles. The van der Waals surface area contributed by atoms with E-state index in [-0.39, 0.29) is 42.8 Å². The Balaban J connectivity index is 1.50. The lowest BCUT2D eigenvalue weighted by Gasteiger charge is -2.34. The summed E-state index contributed by atoms with van der Waals surface area (Å²) < 4.78 is 18.4. The van der Waals surface area contributed by atoms with Gasteiger partial charge < -0.3 is 40.6 Å². The van der Waals surface area contributed by atoms with Crippen molar-refractivity contribution < 1.29 is 34.3 Å². The molecular formula is C40H56N4O7. The van der Waals surface area contributed by atoms with Crippen LogP contribution in [0.2, 0.25) is 0 Å². The summed E-state index contributed by atoms with van der Waals surface area (Å²) >= 11 is 0. The number of aliphatic hydroxyl groups is 2. The first-order valence-electron chi connectivity index (χ1n) is 18.6. The molecule has 0 aromatic heterocycles. The molecule has 3 atom stereocenters. The molecule has 0 spiro atoms. The number of benzene rings is 2. The number of phenols is 1. The summed E-state index contributed by atoms with van der Waals surface area (Å²) in [6, 6.07) is 5.77. The molecule has 7 N–H and O–H groups in total. The molecule has 2 bridgehead atoms. The Hall–Kier alpha value is -3.98. The van der Waals surface area contributed by atoms with Gasteiger partial charge in [-0.15, -0.1) is 0 Å². The number of methoxy groups -OCH3 is 1. The molecule has 11 heteroatoms. The SMILES string of the molecule is COc1c(O)ccc2c1C#CCc1cc(c3c(c1OCNC1CCCCC1)OC(O)C(CCNC(N)=NCC(C)C)C3)CCC(O)CC(=O)CC2. The lowest BCUT2D eigenvalue weighted by molar-refractivity contribution is -0.121. The smallest absolute Gasteiger partial charge is 0.200 e. The van der Waals surface area contributed by atoms with Gasteiger partial charge in [-0.05, 0) is 68.1 Å². The van der Waals surface area contributed by atoms with Gasteiger partial charge in [0.2, 0.25) is 6.29 Å². The maximum Gasteiger partial charge on any atom is 0.200 e. The highest BCUT2D eigenvalue weighted by Crippen LogP contribution is 2.44. The molecule has 0 radical (unpaired) electrons. The molecule has 1 saturated carbocycles. The zero-order valence-corrected chi connectivity index (χ0v) is 30.4. The molecule has 1 aliphatic heterocycles. The molecular weight excluding hydrogens is 648 g/mol. The first-order valence-corrected chi connectivity index (χ1v) is 18.6. The van der Waals surface area contributed by atoms with Crippen LogP contribution in [-0.4, -0.2) is 72.4 Å². The summed E-state index contributed by atoms with van der Waals surface area (Å²) in [4.78, 5) is 17.3. The Labute approximate surface area is 302 Å². The second-order valence-corrected chi connectivity index (χ2v) is 14.5. The van der Waals surface area contributed by atoms with Crippen LogP contribution in [0.4, 0.5) is 0 Å². The van der Waals surface area contributed by atoms with Crippen molar-refractivity contribution in [1.82, 2.24) is 10.6 Å². The van der Waals surface area contributed by atoms with Crippen LogP contribution < -0.4 is 30.6 Å². The number of ketones is 1. The topological polar surface area (TPSA) is 168 Å². The van der Waals surface area contributed by atoms with Gasteiger partial charge in [0, 0.05) is 55.4 Å². The molecule has 51 heavy (non-hydrogen) atoms. The Bertz CT molecular complexity index is 1590. The number of carbonyl (C=O) groups excluding carboxylic acids is 1. The molecule has 3 aliphatic rings. The molecule has 3 unspecified atom stereocenters. The highest BCUT2D eigenvalue weighted by Gasteiger charge is 2.34. The number of Topliss-reactive ketones (excluding diaryl/α,β-unsaturated/α-hetero) is 1. The van der Waals surface area contributed by atoms with Crippen molar-refractivity contribution in [3.05, 3.63) is 46.0 Å². The Morgan fingerprint density at radius 3 is 2.63 bits per heavy atom. The summed E-state index contributed by atoms with van der Waals surface area (Å²) in [5.74, 6) is 8.27. The number of aliphatic imine (C=N–C) groups is 1. The number of nitrogens with two attached hydrogens (primary N) is 1. The van der Waals surface area contributed by atoms with Crippen LogP contribution in [0.1, 0.15) is 99.5 Å². The fraction of sp³-hybridized carbons (Fsp3) is 0.600. The second-order valence-electron chi connectivity index (χ2n) is 14.5. The van der Waals surface area contributed by atoms with Gasteiger partial charge >= 0.3 is 0 Å². The minimum absolute atomic E-state index is 0.0308. The van der Waals surface area contributed by atoms with Crippen LogP contribution in [0.15, 0.2) is 23.2 Å². The first-order chi connectivity index (χ1) is 24.6. The number of aromatic hydroxyl groups is 1.